The molecular weight excluding hydrogens is 212 g/mol. The Balaban J connectivity index is 1.74. The highest BCUT2D eigenvalue weighted by Crippen LogP contribution is 2.54. The lowest BCUT2D eigenvalue weighted by Crippen LogP contribution is -2.70. The average Bonchev–Trinajstić information content (AvgIpc) is 2.65. The van der Waals surface area contributed by atoms with Crippen LogP contribution < -0.4 is 0 Å². The highest BCUT2D eigenvalue weighted by Gasteiger charge is 2.56. The lowest BCUT2D eigenvalue weighted by molar-refractivity contribution is -0.199. The lowest BCUT2D eigenvalue weighted by Gasteiger charge is -2.65. The van der Waals surface area contributed by atoms with Gasteiger partial charge in [0.15, 0.2) is 0 Å². The molecule has 4 aliphatic heterocycles. The minimum atomic E-state index is 0.395. The highest BCUT2D eigenvalue weighted by molar-refractivity contribution is 5.14. The quantitative estimate of drug-likeness (QED) is 0.741. The van der Waals surface area contributed by atoms with E-state index in [0.717, 1.165) is 5.76 Å². The first-order valence-corrected chi connectivity index (χ1v) is 6.59. The molecule has 0 N–H and O–H groups in total. The molecule has 0 radical (unpaired) electrons. The van der Waals surface area contributed by atoms with Gasteiger partial charge >= 0.3 is 0 Å². The van der Waals surface area contributed by atoms with Crippen molar-refractivity contribution in [3.63, 3.8) is 0 Å². The molecule has 0 saturated carbocycles. The molecule has 4 saturated heterocycles. The fourth-order valence-corrected chi connectivity index (χ4v) is 4.80. The van der Waals surface area contributed by atoms with Crippen LogP contribution in [0.15, 0.2) is 22.8 Å². The zero-order valence-electron chi connectivity index (χ0n) is 10.6. The first kappa shape index (κ1) is 10.2. The van der Waals surface area contributed by atoms with Crippen LogP contribution in [-0.2, 0) is 0 Å². The van der Waals surface area contributed by atoms with Crippen LogP contribution in [0.2, 0.25) is 0 Å². The van der Waals surface area contributed by atoms with Gasteiger partial charge in [0.25, 0.3) is 0 Å². The van der Waals surface area contributed by atoms with Crippen LogP contribution in [0.5, 0.6) is 0 Å². The van der Waals surface area contributed by atoms with E-state index in [4.69, 9.17) is 4.42 Å². The van der Waals surface area contributed by atoms with Crippen molar-refractivity contribution < 1.29 is 4.42 Å². The largest absolute Gasteiger partial charge is 0.466 e. The average molecular weight is 232 g/mol. The van der Waals surface area contributed by atoms with Crippen LogP contribution in [0.25, 0.3) is 0 Å². The molecule has 1 aromatic heterocycles. The Hall–Kier alpha value is -0.800. The topological polar surface area (TPSA) is 19.6 Å². The zero-order chi connectivity index (χ0) is 11.7. The fraction of sp³-hybridized carbons (Fsp3) is 0.714. The first-order valence-electron chi connectivity index (χ1n) is 6.59. The van der Waals surface area contributed by atoms with Gasteiger partial charge in [-0.3, -0.25) is 9.80 Å². The number of rotatable bonds is 1. The molecule has 0 aromatic carbocycles. The maximum Gasteiger partial charge on any atom is 0.135 e. The summed E-state index contributed by atoms with van der Waals surface area (Å²) in [6.07, 6.45) is 3.58. The van der Waals surface area contributed by atoms with E-state index in [0.29, 0.717) is 17.0 Å². The van der Waals surface area contributed by atoms with Crippen LogP contribution in [0.4, 0.5) is 0 Å². The summed E-state index contributed by atoms with van der Waals surface area (Å²) < 4.78 is 5.64. The van der Waals surface area contributed by atoms with Crippen molar-refractivity contribution in [2.45, 2.75) is 26.4 Å². The van der Waals surface area contributed by atoms with Gasteiger partial charge in [-0.05, 0) is 29.4 Å². The van der Waals surface area contributed by atoms with Crippen molar-refractivity contribution in [2.75, 3.05) is 26.2 Å². The molecule has 0 aliphatic carbocycles. The van der Waals surface area contributed by atoms with Gasteiger partial charge in [0, 0.05) is 26.2 Å². The summed E-state index contributed by atoms with van der Waals surface area (Å²) >= 11 is 0. The SMILES string of the molecule is CC12CN3CC(C)(CN(C1)C3c1ccco1)C2. The van der Waals surface area contributed by atoms with E-state index in [1.807, 2.05) is 6.07 Å². The number of hydrogen-bond acceptors (Lipinski definition) is 3. The third-order valence-corrected chi connectivity index (χ3v) is 4.68. The molecule has 0 unspecified atom stereocenters. The summed E-state index contributed by atoms with van der Waals surface area (Å²) in [6.45, 7) is 9.80. The third kappa shape index (κ3) is 1.36. The summed E-state index contributed by atoms with van der Waals surface area (Å²) in [5, 5.41) is 0. The summed E-state index contributed by atoms with van der Waals surface area (Å²) in [5.41, 5.74) is 0.989. The summed E-state index contributed by atoms with van der Waals surface area (Å²) in [5.74, 6) is 1.12. The van der Waals surface area contributed by atoms with Crippen molar-refractivity contribution in [3.8, 4) is 0 Å². The molecule has 1 aromatic rings. The third-order valence-electron chi connectivity index (χ3n) is 4.68. The van der Waals surface area contributed by atoms with Crippen molar-refractivity contribution in [3.05, 3.63) is 24.2 Å². The van der Waals surface area contributed by atoms with E-state index >= 15 is 0 Å². The number of hydrogen-bond donors (Lipinski definition) is 0. The number of nitrogens with zero attached hydrogens (tertiary/aromatic N) is 2. The van der Waals surface area contributed by atoms with Crippen LogP contribution in [-0.4, -0.2) is 36.0 Å². The maximum atomic E-state index is 5.64. The van der Waals surface area contributed by atoms with Crippen LogP contribution in [0.1, 0.15) is 32.2 Å². The lowest BCUT2D eigenvalue weighted by atomic mass is 9.63. The Morgan fingerprint density at radius 1 is 1.12 bits per heavy atom. The van der Waals surface area contributed by atoms with Gasteiger partial charge in [0.1, 0.15) is 11.9 Å². The summed E-state index contributed by atoms with van der Waals surface area (Å²) in [7, 11) is 0. The molecule has 4 fully saturated rings. The van der Waals surface area contributed by atoms with Gasteiger partial charge in [0.2, 0.25) is 0 Å². The molecule has 5 heterocycles. The zero-order valence-corrected chi connectivity index (χ0v) is 10.6. The van der Waals surface area contributed by atoms with Gasteiger partial charge in [-0.2, -0.15) is 0 Å². The molecule has 0 atom stereocenters. The smallest absolute Gasteiger partial charge is 0.135 e. The normalized spacial score (nSPS) is 52.0. The van der Waals surface area contributed by atoms with Crippen molar-refractivity contribution in [1.29, 1.82) is 0 Å². The van der Waals surface area contributed by atoms with E-state index < -0.39 is 0 Å². The molecular formula is C14H20N2O. The standard InChI is InChI=1S/C14H20N2O/c1-13-6-14(2)9-15(7-13)12(16(8-13)10-14)11-4-3-5-17-11/h3-5,12H,6-10H2,1-2H3. The minimum Gasteiger partial charge on any atom is -0.466 e. The predicted octanol–water partition coefficient (Wildman–Crippen LogP) is 2.33. The second-order valence-corrected chi connectivity index (χ2v) is 7.00. The molecule has 4 aliphatic rings. The minimum absolute atomic E-state index is 0.395. The molecule has 5 rings (SSSR count). The molecule has 0 spiro atoms. The first-order chi connectivity index (χ1) is 8.07. The van der Waals surface area contributed by atoms with Gasteiger partial charge in [-0.25, -0.2) is 0 Å². The second kappa shape index (κ2) is 2.96. The summed E-state index contributed by atoms with van der Waals surface area (Å²) in [4.78, 5) is 5.24. The van der Waals surface area contributed by atoms with Crippen molar-refractivity contribution >= 4 is 0 Å². The molecule has 3 nitrogen and oxygen atoms in total. The highest BCUT2D eigenvalue weighted by atomic mass is 16.3. The Labute approximate surface area is 102 Å². The van der Waals surface area contributed by atoms with Crippen LogP contribution in [0, 0.1) is 10.8 Å². The van der Waals surface area contributed by atoms with E-state index in [-0.39, 0.29) is 0 Å². The molecule has 0 amide bonds. The maximum absolute atomic E-state index is 5.64. The fourth-order valence-electron chi connectivity index (χ4n) is 4.80. The Morgan fingerprint density at radius 2 is 1.71 bits per heavy atom. The van der Waals surface area contributed by atoms with E-state index in [9.17, 15) is 0 Å². The van der Waals surface area contributed by atoms with Crippen molar-refractivity contribution in [1.82, 2.24) is 9.80 Å². The summed E-state index contributed by atoms with van der Waals surface area (Å²) in [6, 6.07) is 4.13. The van der Waals surface area contributed by atoms with E-state index in [1.165, 1.54) is 32.6 Å². The number of piperidine rings is 2. The molecule has 17 heavy (non-hydrogen) atoms. The van der Waals surface area contributed by atoms with Gasteiger partial charge in [0.05, 0.1) is 6.26 Å². The van der Waals surface area contributed by atoms with E-state index in [2.05, 4.69) is 29.7 Å². The predicted molar refractivity (Wildman–Crippen MR) is 65.4 cm³/mol. The van der Waals surface area contributed by atoms with Crippen LogP contribution >= 0.6 is 0 Å². The molecule has 3 heteroatoms. The van der Waals surface area contributed by atoms with E-state index in [1.54, 1.807) is 6.26 Å². The second-order valence-electron chi connectivity index (χ2n) is 7.00. The van der Waals surface area contributed by atoms with Crippen LogP contribution in [0.3, 0.4) is 0 Å². The Morgan fingerprint density at radius 3 is 2.18 bits per heavy atom. The van der Waals surface area contributed by atoms with Crippen molar-refractivity contribution in [2.24, 2.45) is 10.8 Å². The Bertz CT molecular complexity index is 403. The monoisotopic (exact) mass is 232 g/mol. The Kier molecular flexibility index (Phi) is 1.77. The number of furan rings is 1. The van der Waals surface area contributed by atoms with Gasteiger partial charge in [-0.15, -0.1) is 0 Å². The van der Waals surface area contributed by atoms with Gasteiger partial charge < -0.3 is 4.42 Å². The molecule has 4 bridgehead atoms. The van der Waals surface area contributed by atoms with Gasteiger partial charge in [-0.1, -0.05) is 13.8 Å². The molecule has 92 valence electrons.